The third-order valence-electron chi connectivity index (χ3n) is 2.87. The van der Waals surface area contributed by atoms with Crippen LogP contribution in [-0.4, -0.2) is 21.7 Å². The molecule has 1 unspecified atom stereocenters. The third kappa shape index (κ3) is 3.69. The maximum absolute atomic E-state index is 6.21. The zero-order valence-corrected chi connectivity index (χ0v) is 12.2. The molecule has 1 aromatic carbocycles. The molecular formula is C13H16Cl2N4. The lowest BCUT2D eigenvalue weighted by Gasteiger charge is -2.17. The van der Waals surface area contributed by atoms with Gasteiger partial charge in [-0.25, -0.2) is 4.98 Å². The van der Waals surface area contributed by atoms with Crippen LogP contribution in [0.25, 0.3) is 0 Å². The van der Waals surface area contributed by atoms with Gasteiger partial charge in [0.1, 0.15) is 12.2 Å². The van der Waals surface area contributed by atoms with Crippen LogP contribution in [0.4, 0.5) is 0 Å². The van der Waals surface area contributed by atoms with Gasteiger partial charge in [-0.15, -0.1) is 0 Å². The number of hydrogen-bond acceptors (Lipinski definition) is 3. The Balaban J connectivity index is 2.20. The van der Waals surface area contributed by atoms with E-state index < -0.39 is 0 Å². The van der Waals surface area contributed by atoms with Crippen molar-refractivity contribution in [2.45, 2.75) is 25.8 Å². The molecule has 2 rings (SSSR count). The molecule has 0 saturated heterocycles. The van der Waals surface area contributed by atoms with Gasteiger partial charge in [0, 0.05) is 10.0 Å². The minimum atomic E-state index is 0.0276. The second-order valence-corrected chi connectivity index (χ2v) is 5.10. The number of benzene rings is 1. The first-order valence-corrected chi connectivity index (χ1v) is 6.99. The molecule has 6 heteroatoms. The van der Waals surface area contributed by atoms with Gasteiger partial charge in [0.15, 0.2) is 0 Å². The van der Waals surface area contributed by atoms with Crippen molar-refractivity contribution in [1.82, 2.24) is 20.5 Å². The Bertz CT molecular complexity index is 493. The Kier molecular flexibility index (Phi) is 5.19. The van der Waals surface area contributed by atoms with Crippen molar-refractivity contribution in [2.24, 2.45) is 0 Å². The van der Waals surface area contributed by atoms with Crippen molar-refractivity contribution < 1.29 is 0 Å². The van der Waals surface area contributed by atoms with Crippen LogP contribution < -0.4 is 5.32 Å². The van der Waals surface area contributed by atoms with Gasteiger partial charge >= 0.3 is 0 Å². The van der Waals surface area contributed by atoms with Gasteiger partial charge < -0.3 is 5.32 Å². The van der Waals surface area contributed by atoms with Gasteiger partial charge in [0.05, 0.1) is 6.04 Å². The van der Waals surface area contributed by atoms with Crippen molar-refractivity contribution >= 4 is 23.2 Å². The van der Waals surface area contributed by atoms with E-state index in [0.717, 1.165) is 24.4 Å². The smallest absolute Gasteiger partial charge is 0.141 e. The average Bonchev–Trinajstić information content (AvgIpc) is 2.91. The van der Waals surface area contributed by atoms with Crippen LogP contribution in [0.3, 0.4) is 0 Å². The first kappa shape index (κ1) is 14.3. The first-order chi connectivity index (χ1) is 9.22. The minimum absolute atomic E-state index is 0.0276. The lowest BCUT2D eigenvalue weighted by atomic mass is 10.0. The molecule has 0 spiro atoms. The molecule has 2 aromatic rings. The highest BCUT2D eigenvalue weighted by atomic mass is 35.5. The standard InChI is InChI=1S/C13H16Cl2N4/c1-2-6-16-12(13-17-8-18-19-13)7-9-10(14)4-3-5-11(9)15/h3-5,8,12,16H,2,6-7H2,1H3,(H,17,18,19). The summed E-state index contributed by atoms with van der Waals surface area (Å²) >= 11 is 12.4. The van der Waals surface area contributed by atoms with Gasteiger partial charge in [-0.3, -0.25) is 5.10 Å². The number of nitrogens with zero attached hydrogens (tertiary/aromatic N) is 2. The molecule has 0 saturated carbocycles. The van der Waals surface area contributed by atoms with E-state index >= 15 is 0 Å². The zero-order valence-electron chi connectivity index (χ0n) is 10.7. The topological polar surface area (TPSA) is 53.6 Å². The van der Waals surface area contributed by atoms with Crippen LogP contribution in [0, 0.1) is 0 Å². The predicted octanol–water partition coefficient (Wildman–Crippen LogP) is 3.39. The maximum atomic E-state index is 6.21. The SMILES string of the molecule is CCCNC(Cc1c(Cl)cccc1Cl)c1ncn[nH]1. The molecule has 0 fully saturated rings. The normalized spacial score (nSPS) is 12.6. The van der Waals surface area contributed by atoms with Crippen molar-refractivity contribution in [3.8, 4) is 0 Å². The fourth-order valence-electron chi connectivity index (χ4n) is 1.90. The van der Waals surface area contributed by atoms with E-state index in [4.69, 9.17) is 23.2 Å². The highest BCUT2D eigenvalue weighted by Gasteiger charge is 2.17. The lowest BCUT2D eigenvalue weighted by molar-refractivity contribution is 0.506. The number of rotatable bonds is 6. The lowest BCUT2D eigenvalue weighted by Crippen LogP contribution is -2.25. The molecule has 2 N–H and O–H groups in total. The molecule has 19 heavy (non-hydrogen) atoms. The molecule has 102 valence electrons. The summed E-state index contributed by atoms with van der Waals surface area (Å²) in [4.78, 5) is 4.21. The van der Waals surface area contributed by atoms with Gasteiger partial charge in [0.25, 0.3) is 0 Å². The number of H-pyrrole nitrogens is 1. The molecule has 0 aliphatic carbocycles. The number of nitrogens with one attached hydrogen (secondary N) is 2. The number of halogens is 2. The van der Waals surface area contributed by atoms with Crippen molar-refractivity contribution in [1.29, 1.82) is 0 Å². The second-order valence-electron chi connectivity index (χ2n) is 4.28. The van der Waals surface area contributed by atoms with Crippen LogP contribution in [0.2, 0.25) is 10.0 Å². The van der Waals surface area contributed by atoms with Crippen LogP contribution in [0.5, 0.6) is 0 Å². The molecule has 0 aliphatic rings. The monoisotopic (exact) mass is 298 g/mol. The summed E-state index contributed by atoms with van der Waals surface area (Å²) in [5, 5.41) is 11.6. The molecule has 1 heterocycles. The summed E-state index contributed by atoms with van der Waals surface area (Å²) in [6.45, 7) is 3.01. The quantitative estimate of drug-likeness (QED) is 0.859. The predicted molar refractivity (Wildman–Crippen MR) is 77.6 cm³/mol. The number of aromatic amines is 1. The summed E-state index contributed by atoms with van der Waals surface area (Å²) in [7, 11) is 0. The molecule has 0 aliphatic heterocycles. The number of aromatic nitrogens is 3. The van der Waals surface area contributed by atoms with Gasteiger partial charge in [-0.1, -0.05) is 36.2 Å². The van der Waals surface area contributed by atoms with E-state index in [2.05, 4.69) is 27.4 Å². The summed E-state index contributed by atoms with van der Waals surface area (Å²) in [6, 6.07) is 5.57. The Morgan fingerprint density at radius 2 is 2.05 bits per heavy atom. The molecule has 1 aromatic heterocycles. The van der Waals surface area contributed by atoms with Crippen molar-refractivity contribution in [2.75, 3.05) is 6.54 Å². The minimum Gasteiger partial charge on any atom is -0.307 e. The molecule has 1 atom stereocenters. The van der Waals surface area contributed by atoms with E-state index in [9.17, 15) is 0 Å². The van der Waals surface area contributed by atoms with E-state index in [-0.39, 0.29) is 6.04 Å². The summed E-state index contributed by atoms with van der Waals surface area (Å²) in [6.07, 6.45) is 3.22. The average molecular weight is 299 g/mol. The first-order valence-electron chi connectivity index (χ1n) is 6.24. The van der Waals surface area contributed by atoms with Gasteiger partial charge in [0.2, 0.25) is 0 Å². The van der Waals surface area contributed by atoms with Crippen LogP contribution >= 0.6 is 23.2 Å². The summed E-state index contributed by atoms with van der Waals surface area (Å²) < 4.78 is 0. The molecule has 4 nitrogen and oxygen atoms in total. The zero-order chi connectivity index (χ0) is 13.7. The van der Waals surface area contributed by atoms with E-state index in [1.54, 1.807) is 0 Å². The Morgan fingerprint density at radius 1 is 1.32 bits per heavy atom. The molecular weight excluding hydrogens is 283 g/mol. The summed E-state index contributed by atoms with van der Waals surface area (Å²) in [5.41, 5.74) is 0.927. The third-order valence-corrected chi connectivity index (χ3v) is 3.58. The molecule has 0 radical (unpaired) electrons. The van der Waals surface area contributed by atoms with E-state index in [1.807, 2.05) is 18.2 Å². The van der Waals surface area contributed by atoms with Crippen LogP contribution in [0.1, 0.15) is 30.8 Å². The fourth-order valence-corrected chi connectivity index (χ4v) is 2.45. The largest absolute Gasteiger partial charge is 0.307 e. The number of hydrogen-bond donors (Lipinski definition) is 2. The van der Waals surface area contributed by atoms with Crippen molar-refractivity contribution in [3.05, 3.63) is 46.0 Å². The Labute approximate surface area is 122 Å². The molecule has 0 bridgehead atoms. The van der Waals surface area contributed by atoms with Crippen LogP contribution in [0.15, 0.2) is 24.5 Å². The maximum Gasteiger partial charge on any atom is 0.141 e. The Hall–Kier alpha value is -1.10. The highest BCUT2D eigenvalue weighted by molar-refractivity contribution is 6.36. The summed E-state index contributed by atoms with van der Waals surface area (Å²) in [5.74, 6) is 0.796. The van der Waals surface area contributed by atoms with E-state index in [0.29, 0.717) is 16.5 Å². The van der Waals surface area contributed by atoms with E-state index in [1.165, 1.54) is 6.33 Å². The second kappa shape index (κ2) is 6.89. The fraction of sp³-hybridized carbons (Fsp3) is 0.385. The Morgan fingerprint density at radius 3 is 2.63 bits per heavy atom. The van der Waals surface area contributed by atoms with Gasteiger partial charge in [-0.2, -0.15) is 5.10 Å². The van der Waals surface area contributed by atoms with Gasteiger partial charge in [-0.05, 0) is 37.1 Å². The molecule has 0 amide bonds. The highest BCUT2D eigenvalue weighted by Crippen LogP contribution is 2.28. The van der Waals surface area contributed by atoms with Crippen LogP contribution in [-0.2, 0) is 6.42 Å². The van der Waals surface area contributed by atoms with Crippen molar-refractivity contribution in [3.63, 3.8) is 0 Å².